The molecule has 0 radical (unpaired) electrons. The van der Waals surface area contributed by atoms with Crippen LogP contribution in [0.1, 0.15) is 13.8 Å². The maximum absolute atomic E-state index is 10.2. The van der Waals surface area contributed by atoms with Gasteiger partial charge in [0.15, 0.2) is 0 Å². The molecule has 0 atom stereocenters. The van der Waals surface area contributed by atoms with E-state index < -0.39 is 0 Å². The maximum atomic E-state index is 10.2. The molecule has 60 valence electrons. The van der Waals surface area contributed by atoms with E-state index in [0.29, 0.717) is 11.9 Å². The predicted molar refractivity (Wildman–Crippen MR) is 45.3 cm³/mol. The van der Waals surface area contributed by atoms with Gasteiger partial charge in [0, 0.05) is 5.57 Å². The van der Waals surface area contributed by atoms with Crippen LogP contribution < -0.4 is 0 Å². The molecule has 2 heteroatoms. The Kier molecular flexibility index (Phi) is 4.82. The van der Waals surface area contributed by atoms with Gasteiger partial charge in [-0.25, -0.2) is 0 Å². The zero-order valence-corrected chi connectivity index (χ0v) is 6.74. The van der Waals surface area contributed by atoms with Crippen molar-refractivity contribution in [2.45, 2.75) is 13.8 Å². The van der Waals surface area contributed by atoms with Crippen molar-refractivity contribution in [2.24, 2.45) is 0 Å². The largest absolute Gasteiger partial charge is 0.508 e. The lowest BCUT2D eigenvalue weighted by Crippen LogP contribution is -1.81. The zero-order valence-electron chi connectivity index (χ0n) is 6.74. The number of carbonyl (C=O) groups is 1. The third-order valence-corrected chi connectivity index (χ3v) is 1.12. The van der Waals surface area contributed by atoms with Crippen molar-refractivity contribution in [1.82, 2.24) is 0 Å². The van der Waals surface area contributed by atoms with Gasteiger partial charge in [-0.15, -0.1) is 0 Å². The van der Waals surface area contributed by atoms with E-state index in [1.807, 2.05) is 0 Å². The van der Waals surface area contributed by atoms with Crippen molar-refractivity contribution in [3.63, 3.8) is 0 Å². The van der Waals surface area contributed by atoms with Crippen molar-refractivity contribution < 1.29 is 9.90 Å². The molecule has 0 aromatic carbocycles. The highest BCUT2D eigenvalue weighted by Crippen LogP contribution is 1.98. The first kappa shape index (κ1) is 9.69. The van der Waals surface area contributed by atoms with Crippen LogP contribution in [0.2, 0.25) is 0 Å². The van der Waals surface area contributed by atoms with Gasteiger partial charge < -0.3 is 5.11 Å². The zero-order chi connectivity index (χ0) is 8.69. The molecule has 0 amide bonds. The molecule has 0 aliphatic rings. The summed E-state index contributed by atoms with van der Waals surface area (Å²) < 4.78 is 0. The van der Waals surface area contributed by atoms with E-state index in [-0.39, 0.29) is 5.76 Å². The van der Waals surface area contributed by atoms with Gasteiger partial charge in [-0.2, -0.15) is 0 Å². The fourth-order valence-electron chi connectivity index (χ4n) is 0.575. The first-order chi connectivity index (χ1) is 5.24. The third kappa shape index (κ3) is 4.14. The first-order valence-corrected chi connectivity index (χ1v) is 3.39. The number of rotatable bonds is 3. The molecule has 0 saturated heterocycles. The molecule has 0 bridgehead atoms. The summed E-state index contributed by atoms with van der Waals surface area (Å²) in [4.78, 5) is 10.2. The van der Waals surface area contributed by atoms with Gasteiger partial charge in [0.25, 0.3) is 0 Å². The molecule has 0 saturated carbocycles. The highest BCUT2D eigenvalue weighted by atomic mass is 16.3. The standard InChI is InChI=1S/C9H12O2/c1-3-5-9(11)6-8(4-2)7-10/h3-7,11H,1-2H3/b5-3-,8-4+,9-6+. The Hall–Kier alpha value is -1.31. The summed E-state index contributed by atoms with van der Waals surface area (Å²) in [6, 6.07) is 0. The van der Waals surface area contributed by atoms with Gasteiger partial charge in [0.1, 0.15) is 12.0 Å². The molecule has 0 aromatic heterocycles. The van der Waals surface area contributed by atoms with E-state index >= 15 is 0 Å². The van der Waals surface area contributed by atoms with Crippen LogP contribution in [0.5, 0.6) is 0 Å². The molecular formula is C9H12O2. The van der Waals surface area contributed by atoms with Crippen LogP contribution >= 0.6 is 0 Å². The molecule has 0 heterocycles. The average molecular weight is 152 g/mol. The van der Waals surface area contributed by atoms with E-state index in [4.69, 9.17) is 5.11 Å². The van der Waals surface area contributed by atoms with E-state index in [1.165, 1.54) is 12.2 Å². The van der Waals surface area contributed by atoms with Crippen LogP contribution in [0.25, 0.3) is 0 Å². The van der Waals surface area contributed by atoms with Crippen molar-refractivity contribution in [3.8, 4) is 0 Å². The Labute approximate surface area is 66.5 Å². The van der Waals surface area contributed by atoms with Crippen LogP contribution in [-0.2, 0) is 4.79 Å². The molecule has 0 aromatic rings. The number of carbonyl (C=O) groups excluding carboxylic acids is 1. The number of hydrogen-bond donors (Lipinski definition) is 1. The number of aliphatic hydroxyl groups is 1. The van der Waals surface area contributed by atoms with Crippen molar-refractivity contribution in [3.05, 3.63) is 35.6 Å². The van der Waals surface area contributed by atoms with Crippen LogP contribution in [-0.4, -0.2) is 11.4 Å². The molecule has 0 aliphatic carbocycles. The van der Waals surface area contributed by atoms with Crippen molar-refractivity contribution in [2.75, 3.05) is 0 Å². The third-order valence-electron chi connectivity index (χ3n) is 1.12. The molecule has 0 spiro atoms. The van der Waals surface area contributed by atoms with Gasteiger partial charge in [-0.3, -0.25) is 4.79 Å². The number of allylic oxidation sites excluding steroid dienone is 5. The summed E-state index contributed by atoms with van der Waals surface area (Å²) in [5.41, 5.74) is 0.473. The second kappa shape index (κ2) is 5.47. The molecule has 0 fully saturated rings. The normalized spacial score (nSPS) is 14.0. The van der Waals surface area contributed by atoms with E-state index in [1.54, 1.807) is 26.0 Å². The quantitative estimate of drug-likeness (QED) is 0.291. The second-order valence-electron chi connectivity index (χ2n) is 1.98. The summed E-state index contributed by atoms with van der Waals surface area (Å²) in [6.07, 6.45) is 6.95. The fraction of sp³-hybridized carbons (Fsp3) is 0.222. The molecule has 2 nitrogen and oxygen atoms in total. The topological polar surface area (TPSA) is 37.3 Å². The van der Waals surface area contributed by atoms with Crippen molar-refractivity contribution in [1.29, 1.82) is 0 Å². The summed E-state index contributed by atoms with van der Waals surface area (Å²) in [7, 11) is 0. The van der Waals surface area contributed by atoms with Gasteiger partial charge in [-0.1, -0.05) is 12.2 Å². The van der Waals surface area contributed by atoms with E-state index in [2.05, 4.69) is 0 Å². The highest BCUT2D eigenvalue weighted by Gasteiger charge is 1.88. The number of hydrogen-bond acceptors (Lipinski definition) is 2. The smallest absolute Gasteiger partial charge is 0.149 e. The van der Waals surface area contributed by atoms with Crippen LogP contribution in [0.3, 0.4) is 0 Å². The van der Waals surface area contributed by atoms with E-state index in [9.17, 15) is 4.79 Å². The highest BCUT2D eigenvalue weighted by molar-refractivity contribution is 5.77. The maximum Gasteiger partial charge on any atom is 0.149 e. The number of aldehydes is 1. The van der Waals surface area contributed by atoms with Gasteiger partial charge in [0.05, 0.1) is 0 Å². The van der Waals surface area contributed by atoms with Crippen LogP contribution in [0.15, 0.2) is 35.6 Å². The lowest BCUT2D eigenvalue weighted by atomic mass is 10.2. The molecule has 0 rings (SSSR count). The van der Waals surface area contributed by atoms with Crippen molar-refractivity contribution >= 4 is 6.29 Å². The monoisotopic (exact) mass is 152 g/mol. The molecular weight excluding hydrogens is 140 g/mol. The fourth-order valence-corrected chi connectivity index (χ4v) is 0.575. The van der Waals surface area contributed by atoms with Gasteiger partial charge in [-0.05, 0) is 26.0 Å². The van der Waals surface area contributed by atoms with Gasteiger partial charge in [0.2, 0.25) is 0 Å². The second-order valence-corrected chi connectivity index (χ2v) is 1.98. The Morgan fingerprint density at radius 1 is 1.36 bits per heavy atom. The summed E-state index contributed by atoms with van der Waals surface area (Å²) >= 11 is 0. The minimum absolute atomic E-state index is 0.0905. The minimum atomic E-state index is 0.0905. The van der Waals surface area contributed by atoms with Crippen LogP contribution in [0, 0.1) is 0 Å². The van der Waals surface area contributed by atoms with Crippen LogP contribution in [0.4, 0.5) is 0 Å². The predicted octanol–water partition coefficient (Wildman–Crippen LogP) is 2.15. The summed E-state index contributed by atoms with van der Waals surface area (Å²) in [6.45, 7) is 3.53. The first-order valence-electron chi connectivity index (χ1n) is 3.39. The minimum Gasteiger partial charge on any atom is -0.508 e. The van der Waals surface area contributed by atoms with E-state index in [0.717, 1.165) is 0 Å². The molecule has 1 N–H and O–H groups in total. The number of aliphatic hydroxyl groups excluding tert-OH is 1. The van der Waals surface area contributed by atoms with Gasteiger partial charge >= 0.3 is 0 Å². The Morgan fingerprint density at radius 2 is 2.00 bits per heavy atom. The lowest BCUT2D eigenvalue weighted by molar-refractivity contribution is -0.104. The summed E-state index contributed by atoms with van der Waals surface area (Å²) in [5, 5.41) is 9.06. The molecule has 0 aliphatic heterocycles. The Bertz CT molecular complexity index is 210. The SMILES string of the molecule is C\C=C/C(O)=C\C(C=O)=C/C. The Morgan fingerprint density at radius 3 is 2.36 bits per heavy atom. The Balaban J connectivity index is 4.39. The summed E-state index contributed by atoms with van der Waals surface area (Å²) in [5.74, 6) is 0.0905. The lowest BCUT2D eigenvalue weighted by Gasteiger charge is -1.89. The average Bonchev–Trinajstić information content (AvgIpc) is 2.01. The molecule has 11 heavy (non-hydrogen) atoms. The molecule has 0 unspecified atom stereocenters.